The van der Waals surface area contributed by atoms with Gasteiger partial charge in [0.1, 0.15) is 0 Å². The zero-order valence-corrected chi connectivity index (χ0v) is 28.3. The number of esters is 2. The zero-order chi connectivity index (χ0) is 35.6. The Kier molecular flexibility index (Phi) is 12.7. The number of halogens is 4. The summed E-state index contributed by atoms with van der Waals surface area (Å²) >= 11 is 0. The number of benzene rings is 2. The molecule has 2 aliphatic rings. The summed E-state index contributed by atoms with van der Waals surface area (Å²) in [6, 6.07) is 16.2. The van der Waals surface area contributed by atoms with Crippen LogP contribution in [-0.2, 0) is 31.9 Å². The van der Waals surface area contributed by atoms with Gasteiger partial charge in [0.15, 0.2) is 23.3 Å². The van der Waals surface area contributed by atoms with Gasteiger partial charge in [-0.25, -0.2) is 17.6 Å². The van der Waals surface area contributed by atoms with Crippen LogP contribution in [0.5, 0.6) is 0 Å². The molecule has 10 heteroatoms. The lowest BCUT2D eigenvalue weighted by Crippen LogP contribution is -2.12. The summed E-state index contributed by atoms with van der Waals surface area (Å²) in [7, 11) is 0. The molecule has 0 unspecified atom stereocenters. The number of hydrogen-bond donors (Lipinski definition) is 0. The van der Waals surface area contributed by atoms with Crippen LogP contribution >= 0.6 is 0 Å². The highest BCUT2D eigenvalue weighted by atomic mass is 19.2. The highest BCUT2D eigenvalue weighted by molar-refractivity contribution is 5.71. The predicted octanol–water partition coefficient (Wildman–Crippen LogP) is 9.03. The normalized spacial score (nSPS) is 19.8. The fraction of sp³-hybridized carbons (Fsp3) is 0.400. The smallest absolute Gasteiger partial charge is 0.306 e. The number of hydrogen-bond acceptors (Lipinski definition) is 6. The van der Waals surface area contributed by atoms with Crippen molar-refractivity contribution >= 4 is 11.9 Å². The van der Waals surface area contributed by atoms with Gasteiger partial charge in [-0.1, -0.05) is 36.4 Å². The highest BCUT2D eigenvalue weighted by Crippen LogP contribution is 2.40. The standard InChI is InChI=1S/2C20H21F2NO2/c2*1-2-25-18(24)12-15-9-8-13(11-14-5-4-10-23-20(14)15)16-6-3-7-17(21)19(16)22/h2*3-7,10,13,15H,2,8-9,11-12H2,1H3/t13-,15+;13-,15-/m10/s1. The average Bonchev–Trinajstić information content (AvgIpc) is 3.40. The van der Waals surface area contributed by atoms with E-state index in [1.807, 2.05) is 24.3 Å². The molecule has 0 N–H and O–H groups in total. The maximum atomic E-state index is 14.2. The first-order valence-corrected chi connectivity index (χ1v) is 17.3. The number of carbonyl (C=O) groups is 2. The van der Waals surface area contributed by atoms with Crippen LogP contribution in [0.1, 0.15) is 110 Å². The molecule has 0 radical (unpaired) electrons. The first kappa shape index (κ1) is 36.7. The maximum Gasteiger partial charge on any atom is 0.306 e. The van der Waals surface area contributed by atoms with Crippen molar-refractivity contribution in [3.05, 3.63) is 130 Å². The molecule has 0 amide bonds. The highest BCUT2D eigenvalue weighted by Gasteiger charge is 2.31. The van der Waals surface area contributed by atoms with E-state index in [0.29, 0.717) is 62.9 Å². The number of aromatic nitrogens is 2. The van der Waals surface area contributed by atoms with Gasteiger partial charge in [0, 0.05) is 35.6 Å². The lowest BCUT2D eigenvalue weighted by molar-refractivity contribution is -0.144. The molecule has 0 fully saturated rings. The second-order valence-electron chi connectivity index (χ2n) is 12.8. The number of carbonyl (C=O) groups excluding carboxylic acids is 2. The number of rotatable bonds is 8. The molecule has 4 atom stereocenters. The van der Waals surface area contributed by atoms with Crippen molar-refractivity contribution in [2.75, 3.05) is 13.2 Å². The van der Waals surface area contributed by atoms with Gasteiger partial charge in [0.05, 0.1) is 26.1 Å². The van der Waals surface area contributed by atoms with Gasteiger partial charge < -0.3 is 9.47 Å². The van der Waals surface area contributed by atoms with Gasteiger partial charge in [-0.05, 0) is 111 Å². The summed E-state index contributed by atoms with van der Waals surface area (Å²) in [5.74, 6) is -4.08. The van der Waals surface area contributed by atoms with E-state index in [9.17, 15) is 27.2 Å². The number of nitrogens with zero attached hydrogens (tertiary/aromatic N) is 2. The van der Waals surface area contributed by atoms with Crippen LogP contribution < -0.4 is 0 Å². The molecular formula is C40H42F4N2O4. The molecule has 2 aromatic carbocycles. The van der Waals surface area contributed by atoms with Crippen LogP contribution in [0.4, 0.5) is 17.6 Å². The van der Waals surface area contributed by atoms with E-state index in [1.165, 1.54) is 0 Å². The monoisotopic (exact) mass is 690 g/mol. The summed E-state index contributed by atoms with van der Waals surface area (Å²) in [5, 5.41) is 0. The summed E-state index contributed by atoms with van der Waals surface area (Å²) in [5.41, 5.74) is 4.51. The van der Waals surface area contributed by atoms with E-state index in [1.54, 1.807) is 50.5 Å². The van der Waals surface area contributed by atoms with Crippen molar-refractivity contribution < 1.29 is 36.6 Å². The molecule has 264 valence electrons. The third-order valence-corrected chi connectivity index (χ3v) is 9.56. The fourth-order valence-corrected chi connectivity index (χ4v) is 7.24. The molecule has 0 saturated carbocycles. The first-order valence-electron chi connectivity index (χ1n) is 17.3. The van der Waals surface area contributed by atoms with Crippen molar-refractivity contribution in [1.29, 1.82) is 0 Å². The van der Waals surface area contributed by atoms with Crippen LogP contribution in [0, 0.1) is 23.3 Å². The van der Waals surface area contributed by atoms with Gasteiger partial charge in [-0.3, -0.25) is 19.6 Å². The quantitative estimate of drug-likeness (QED) is 0.104. The summed E-state index contributed by atoms with van der Waals surface area (Å²) in [4.78, 5) is 32.8. The van der Waals surface area contributed by atoms with Crippen molar-refractivity contribution in [2.24, 2.45) is 0 Å². The molecule has 6 rings (SSSR count). The Hall–Kier alpha value is -4.60. The molecule has 0 saturated heterocycles. The molecule has 2 aliphatic carbocycles. The molecule has 0 spiro atoms. The largest absolute Gasteiger partial charge is 0.466 e. The molecule has 4 aromatic rings. The van der Waals surface area contributed by atoms with Gasteiger partial charge in [0.2, 0.25) is 0 Å². The number of ether oxygens (including phenoxy) is 2. The maximum absolute atomic E-state index is 14.2. The van der Waals surface area contributed by atoms with Gasteiger partial charge in [-0.2, -0.15) is 0 Å². The molecule has 2 aromatic heterocycles. The molecule has 50 heavy (non-hydrogen) atoms. The minimum Gasteiger partial charge on any atom is -0.466 e. The molecular weight excluding hydrogens is 648 g/mol. The van der Waals surface area contributed by atoms with E-state index < -0.39 is 23.3 Å². The van der Waals surface area contributed by atoms with Crippen LogP contribution in [0.25, 0.3) is 0 Å². The van der Waals surface area contributed by atoms with Crippen molar-refractivity contribution in [3.8, 4) is 0 Å². The first-order chi connectivity index (χ1) is 24.2. The van der Waals surface area contributed by atoms with E-state index >= 15 is 0 Å². The summed E-state index contributed by atoms with van der Waals surface area (Å²) in [6.45, 7) is 4.25. The van der Waals surface area contributed by atoms with E-state index in [2.05, 4.69) is 9.97 Å². The minimum atomic E-state index is -0.823. The topological polar surface area (TPSA) is 78.4 Å². The zero-order valence-electron chi connectivity index (χ0n) is 28.3. The molecule has 0 bridgehead atoms. The lowest BCUT2D eigenvalue weighted by Gasteiger charge is -2.16. The Morgan fingerprint density at radius 2 is 1.04 bits per heavy atom. The van der Waals surface area contributed by atoms with Crippen molar-refractivity contribution in [2.45, 2.75) is 88.9 Å². The van der Waals surface area contributed by atoms with Crippen LogP contribution in [0.3, 0.4) is 0 Å². The Balaban J connectivity index is 0.000000194. The fourth-order valence-electron chi connectivity index (χ4n) is 7.24. The molecule has 0 aliphatic heterocycles. The van der Waals surface area contributed by atoms with Gasteiger partial charge in [-0.15, -0.1) is 0 Å². The van der Waals surface area contributed by atoms with Crippen molar-refractivity contribution in [3.63, 3.8) is 0 Å². The average molecular weight is 691 g/mol. The SMILES string of the molecule is CCOC(=O)C[C@@H]1CC[C@@H](c2cccc(F)c2F)Cc2cccnc21.CCOC(=O)C[C@@H]1CC[C@H](c2cccc(F)c2F)Cc2cccnc21. The number of pyridine rings is 2. The Morgan fingerprint density at radius 3 is 1.44 bits per heavy atom. The van der Waals surface area contributed by atoms with E-state index in [-0.39, 0.29) is 48.5 Å². The van der Waals surface area contributed by atoms with E-state index in [0.717, 1.165) is 34.6 Å². The Morgan fingerprint density at radius 1 is 0.620 bits per heavy atom. The second-order valence-corrected chi connectivity index (χ2v) is 12.8. The molecule has 6 nitrogen and oxygen atoms in total. The van der Waals surface area contributed by atoms with Crippen LogP contribution in [0.2, 0.25) is 0 Å². The Bertz CT molecular complexity index is 1660. The Labute approximate surface area is 290 Å². The third-order valence-electron chi connectivity index (χ3n) is 9.56. The lowest BCUT2D eigenvalue weighted by atomic mass is 9.89. The van der Waals surface area contributed by atoms with Gasteiger partial charge >= 0.3 is 11.9 Å². The minimum absolute atomic E-state index is 0.0585. The second kappa shape index (κ2) is 17.4. The van der Waals surface area contributed by atoms with E-state index in [4.69, 9.17) is 9.47 Å². The van der Waals surface area contributed by atoms with Crippen LogP contribution in [0.15, 0.2) is 73.1 Å². The molecule has 2 heterocycles. The van der Waals surface area contributed by atoms with Crippen LogP contribution in [-0.4, -0.2) is 35.1 Å². The van der Waals surface area contributed by atoms with Gasteiger partial charge in [0.25, 0.3) is 0 Å². The predicted molar refractivity (Wildman–Crippen MR) is 181 cm³/mol. The van der Waals surface area contributed by atoms with Crippen molar-refractivity contribution in [1.82, 2.24) is 9.97 Å². The summed E-state index contributed by atoms with van der Waals surface area (Å²) in [6.07, 6.45) is 7.81. The number of fused-ring (bicyclic) bond motifs is 2. The third kappa shape index (κ3) is 8.94. The summed E-state index contributed by atoms with van der Waals surface area (Å²) < 4.78 is 65.8.